The van der Waals surface area contributed by atoms with E-state index in [0.717, 1.165) is 13.1 Å². The van der Waals surface area contributed by atoms with Crippen LogP contribution in [0.25, 0.3) is 22.3 Å². The van der Waals surface area contributed by atoms with Crippen molar-refractivity contribution in [2.75, 3.05) is 0 Å². The summed E-state index contributed by atoms with van der Waals surface area (Å²) in [6.45, 7) is 2.19. The molecule has 0 amide bonds. The molecule has 0 radical (unpaired) electrons. The van der Waals surface area contributed by atoms with Gasteiger partial charge in [0, 0.05) is 61.4 Å². The summed E-state index contributed by atoms with van der Waals surface area (Å²) in [7, 11) is -38.5. The minimum atomic E-state index is -10.7. The van der Waals surface area contributed by atoms with Crippen LogP contribution >= 0.6 is 31.2 Å². The van der Waals surface area contributed by atoms with Crippen molar-refractivity contribution < 1.29 is 119 Å². The average molecular weight is 1020 g/mol. The maximum atomic E-state index is 9.87. The van der Waals surface area contributed by atoms with Crippen molar-refractivity contribution in [3.8, 4) is 22.3 Å². The molecule has 61 heavy (non-hydrogen) atoms. The number of unbranched alkanes of at least 4 members (excludes halogenated alkanes) is 4. The van der Waals surface area contributed by atoms with Crippen molar-refractivity contribution in [1.29, 1.82) is 0 Å². The third kappa shape index (κ3) is 56.6. The van der Waals surface area contributed by atoms with Gasteiger partial charge < -0.3 is 0 Å². The van der Waals surface area contributed by atoms with E-state index < -0.39 is 31.2 Å². The second kappa shape index (κ2) is 16.3. The molecule has 0 saturated carbocycles. The number of rotatable bonds is 10. The molecule has 0 aromatic carbocycles. The van der Waals surface area contributed by atoms with Gasteiger partial charge >= 0.3 is 132 Å². The first-order valence-electron chi connectivity index (χ1n) is 16.1. The Morgan fingerprint density at radius 1 is 0.279 bits per heavy atom. The molecule has 0 bridgehead atoms. The van der Waals surface area contributed by atoms with Crippen LogP contribution < -0.4 is 18.3 Å². The topological polar surface area (TPSA) is 15.5 Å². The molecule has 4 nitrogen and oxygen atoms in total. The van der Waals surface area contributed by atoms with Gasteiger partial charge in [-0.15, -0.1) is 0 Å². The van der Waals surface area contributed by atoms with Gasteiger partial charge in [-0.25, -0.2) is 18.3 Å². The van der Waals surface area contributed by atoms with Crippen LogP contribution in [0.1, 0.15) is 32.1 Å². The Balaban J connectivity index is 0.00000104. The van der Waals surface area contributed by atoms with Gasteiger partial charge in [0.1, 0.15) is 27.2 Å². The molecule has 0 aliphatic rings. The number of aromatic nitrogens is 4. The first kappa shape index (κ1) is 57.6. The molecular weight excluding hydrogens is 984 g/mol. The summed E-state index contributed by atoms with van der Waals surface area (Å²) in [4.78, 5) is 0. The van der Waals surface area contributed by atoms with Gasteiger partial charge in [0.05, 0.1) is 0 Å². The number of hydrogen-bond donors (Lipinski definition) is 0. The first-order chi connectivity index (χ1) is 26.0. The fraction of sp³-hybridized carbons (Fsp3) is 0.310. The van der Waals surface area contributed by atoms with Crippen molar-refractivity contribution in [3.05, 3.63) is 98.1 Å². The van der Waals surface area contributed by atoms with E-state index in [9.17, 15) is 101 Å². The van der Waals surface area contributed by atoms with Crippen LogP contribution in [0, 0.1) is 0 Å². The van der Waals surface area contributed by atoms with Crippen LogP contribution in [0.3, 0.4) is 0 Å². The van der Waals surface area contributed by atoms with E-state index in [4.69, 9.17) is 0 Å². The third-order valence-corrected chi connectivity index (χ3v) is 6.24. The molecule has 4 rings (SSSR count). The van der Waals surface area contributed by atoms with Crippen molar-refractivity contribution in [1.82, 2.24) is 0 Å². The SMILES string of the molecule is C[n+]1ccc(-c2cc[n+](CCCCCCC[n+]3ccc(-c4cc[n+](C)cc4)cc3)cc2)cc1.F[P-](F)(F)(F)(F)F.F[P-](F)(F)(F)(F)F.F[P-](F)(F)(F)(F)F.F[P-](F)(F)(F)(F)F. The van der Waals surface area contributed by atoms with E-state index in [2.05, 4.69) is 116 Å². The van der Waals surface area contributed by atoms with E-state index >= 15 is 0 Å². The number of halogens is 24. The molecule has 0 unspecified atom stereocenters. The van der Waals surface area contributed by atoms with E-state index in [1.807, 2.05) is 14.1 Å². The number of nitrogens with zero attached hydrogens (tertiary/aromatic N) is 4. The van der Waals surface area contributed by atoms with Gasteiger partial charge in [0.2, 0.25) is 0 Å². The molecule has 0 aliphatic carbocycles. The summed E-state index contributed by atoms with van der Waals surface area (Å²) in [5.41, 5.74) is 5.08. The molecule has 4 aromatic rings. The van der Waals surface area contributed by atoms with Gasteiger partial charge in [-0.05, 0) is 35.1 Å². The zero-order valence-corrected chi connectivity index (χ0v) is 34.4. The fourth-order valence-corrected chi connectivity index (χ4v) is 4.10. The number of hydrogen-bond acceptors (Lipinski definition) is 0. The Morgan fingerprint density at radius 2 is 0.426 bits per heavy atom. The normalized spacial score (nSPS) is 16.6. The standard InChI is InChI=1S/C29H36N4.4F6P/c1-30-18-8-26(9-19-30)28-12-22-32(23-13-28)16-6-4-3-5-7-17-33-24-14-29(15-25-33)27-10-20-31(2)21-11-27;4*1-7(2,3,4,5)6/h8-15,18-25H,3-7,16-17H2,1-2H3;;;;/q+4;4*-1. The van der Waals surface area contributed by atoms with Gasteiger partial charge in [0.15, 0.2) is 49.6 Å². The summed E-state index contributed by atoms with van der Waals surface area (Å²) in [6.07, 6.45) is 23.6. The van der Waals surface area contributed by atoms with Gasteiger partial charge in [-0.2, -0.15) is 0 Å². The Bertz CT molecular complexity index is 1750. The molecule has 4 aromatic heterocycles. The molecular formula is C29H36F24N4P4. The van der Waals surface area contributed by atoms with Crippen LogP contribution in [0.15, 0.2) is 98.1 Å². The summed E-state index contributed by atoms with van der Waals surface area (Å²) >= 11 is 0. The zero-order valence-electron chi connectivity index (χ0n) is 30.8. The molecule has 0 N–H and O–H groups in total. The molecule has 0 saturated heterocycles. The summed E-state index contributed by atoms with van der Waals surface area (Å²) < 4.78 is 246. The molecule has 32 heteroatoms. The fourth-order valence-electron chi connectivity index (χ4n) is 4.10. The quantitative estimate of drug-likeness (QED) is 0.0651. The van der Waals surface area contributed by atoms with E-state index in [0.29, 0.717) is 0 Å². The van der Waals surface area contributed by atoms with Crippen LogP contribution in [-0.4, -0.2) is 0 Å². The summed E-state index contributed by atoms with van der Waals surface area (Å²) in [6, 6.07) is 17.5. The second-order valence-corrected chi connectivity index (χ2v) is 20.4. The zero-order chi connectivity index (χ0) is 48.5. The van der Waals surface area contributed by atoms with Gasteiger partial charge in [-0.3, -0.25) is 0 Å². The van der Waals surface area contributed by atoms with Crippen molar-refractivity contribution in [2.24, 2.45) is 14.1 Å². The predicted molar refractivity (Wildman–Crippen MR) is 184 cm³/mol. The van der Waals surface area contributed by atoms with Crippen molar-refractivity contribution in [2.45, 2.75) is 45.2 Å². The van der Waals surface area contributed by atoms with Crippen LogP contribution in [0.5, 0.6) is 0 Å². The Morgan fingerprint density at radius 3 is 0.607 bits per heavy atom. The van der Waals surface area contributed by atoms with Crippen LogP contribution in [0.2, 0.25) is 0 Å². The van der Waals surface area contributed by atoms with Gasteiger partial charge in [0.25, 0.3) is 0 Å². The second-order valence-electron chi connectivity index (χ2n) is 12.8. The van der Waals surface area contributed by atoms with Crippen molar-refractivity contribution in [3.63, 3.8) is 0 Å². The Hall–Kier alpha value is -3.36. The minimum absolute atomic E-state index is 1.09. The molecule has 0 aliphatic heterocycles. The molecule has 0 fully saturated rings. The van der Waals surface area contributed by atoms with Crippen LogP contribution in [-0.2, 0) is 27.2 Å². The Labute approximate surface area is 330 Å². The molecule has 0 spiro atoms. The third-order valence-electron chi connectivity index (χ3n) is 6.24. The van der Waals surface area contributed by atoms with Crippen molar-refractivity contribution >= 4 is 31.2 Å². The Kier molecular flexibility index (Phi) is 15.4. The first-order valence-corrected chi connectivity index (χ1v) is 24.2. The average Bonchev–Trinajstić information content (AvgIpc) is 2.96. The van der Waals surface area contributed by atoms with E-state index in [1.165, 1.54) is 54.4 Å². The van der Waals surface area contributed by atoms with E-state index in [1.54, 1.807) is 0 Å². The molecule has 360 valence electrons. The summed E-state index contributed by atoms with van der Waals surface area (Å²) in [5.74, 6) is 0. The molecule has 4 heterocycles. The number of aryl methyl sites for hydroxylation is 4. The molecule has 0 atom stereocenters. The maximum absolute atomic E-state index is 10.7. The monoisotopic (exact) mass is 1020 g/mol. The van der Waals surface area contributed by atoms with E-state index in [-0.39, 0.29) is 0 Å². The van der Waals surface area contributed by atoms with Gasteiger partial charge in [-0.1, -0.05) is 6.42 Å². The summed E-state index contributed by atoms with van der Waals surface area (Å²) in [5, 5.41) is 0. The number of pyridine rings is 4. The predicted octanol–water partition coefficient (Wildman–Crippen LogP) is 17.4. The van der Waals surface area contributed by atoms with Crippen LogP contribution in [0.4, 0.5) is 101 Å².